The van der Waals surface area contributed by atoms with Gasteiger partial charge >= 0.3 is 0 Å². The van der Waals surface area contributed by atoms with E-state index in [0.29, 0.717) is 19.4 Å². The van der Waals surface area contributed by atoms with Crippen LogP contribution < -0.4 is 14.8 Å². The lowest BCUT2D eigenvalue weighted by atomic mass is 10.1. The molecule has 0 aliphatic heterocycles. The second-order valence-corrected chi connectivity index (χ2v) is 4.63. The lowest BCUT2D eigenvalue weighted by Gasteiger charge is -2.08. The van der Waals surface area contributed by atoms with Crippen molar-refractivity contribution in [3.63, 3.8) is 0 Å². The van der Waals surface area contributed by atoms with Gasteiger partial charge < -0.3 is 19.2 Å². The minimum Gasteiger partial charge on any atom is -0.497 e. The Balaban J connectivity index is 1.85. The third-order valence-corrected chi connectivity index (χ3v) is 3.12. The molecule has 0 spiro atoms. The standard InChI is InChI=1S/C16H19NO4/c1-19-14-7-12(8-15(9-14)20-2)3-4-16(18)17-10-13-5-6-21-11-13/h5-9,11H,3-4,10H2,1-2H3,(H,17,18). The third-order valence-electron chi connectivity index (χ3n) is 3.12. The van der Waals surface area contributed by atoms with Crippen LogP contribution in [0, 0.1) is 0 Å². The lowest BCUT2D eigenvalue weighted by molar-refractivity contribution is -0.121. The number of nitrogens with one attached hydrogen (secondary N) is 1. The average Bonchev–Trinajstić information content (AvgIpc) is 3.03. The van der Waals surface area contributed by atoms with Gasteiger partial charge in [-0.2, -0.15) is 0 Å². The highest BCUT2D eigenvalue weighted by Crippen LogP contribution is 2.23. The molecule has 0 unspecified atom stereocenters. The van der Waals surface area contributed by atoms with Crippen molar-refractivity contribution in [3.8, 4) is 11.5 Å². The molecular formula is C16H19NO4. The first-order chi connectivity index (χ1) is 10.2. The number of hydrogen-bond acceptors (Lipinski definition) is 4. The summed E-state index contributed by atoms with van der Waals surface area (Å²) in [6, 6.07) is 7.45. The van der Waals surface area contributed by atoms with Gasteiger partial charge in [0.05, 0.1) is 26.7 Å². The molecule has 1 aromatic heterocycles. The van der Waals surface area contributed by atoms with Crippen molar-refractivity contribution in [2.45, 2.75) is 19.4 Å². The van der Waals surface area contributed by atoms with Gasteiger partial charge in [0.25, 0.3) is 0 Å². The molecule has 0 aliphatic carbocycles. The van der Waals surface area contributed by atoms with Gasteiger partial charge in [-0.3, -0.25) is 4.79 Å². The van der Waals surface area contributed by atoms with Crippen LogP contribution in [0.2, 0.25) is 0 Å². The molecule has 0 saturated heterocycles. The second kappa shape index (κ2) is 7.38. The number of amides is 1. The monoisotopic (exact) mass is 289 g/mol. The molecule has 0 saturated carbocycles. The normalized spacial score (nSPS) is 10.2. The average molecular weight is 289 g/mol. The molecule has 1 heterocycles. The largest absolute Gasteiger partial charge is 0.497 e. The Kier molecular flexibility index (Phi) is 5.26. The number of ether oxygens (including phenoxy) is 2. The van der Waals surface area contributed by atoms with Gasteiger partial charge in [-0.1, -0.05) is 0 Å². The van der Waals surface area contributed by atoms with E-state index >= 15 is 0 Å². The summed E-state index contributed by atoms with van der Waals surface area (Å²) in [5.41, 5.74) is 1.95. The van der Waals surface area contributed by atoms with E-state index in [0.717, 1.165) is 22.6 Å². The summed E-state index contributed by atoms with van der Waals surface area (Å²) in [5.74, 6) is 1.45. The smallest absolute Gasteiger partial charge is 0.220 e. The molecule has 0 atom stereocenters. The summed E-state index contributed by atoms with van der Waals surface area (Å²) in [7, 11) is 3.21. The first-order valence-electron chi connectivity index (χ1n) is 6.71. The van der Waals surface area contributed by atoms with Gasteiger partial charge in [0, 0.05) is 24.6 Å². The van der Waals surface area contributed by atoms with E-state index < -0.39 is 0 Å². The highest BCUT2D eigenvalue weighted by molar-refractivity contribution is 5.76. The van der Waals surface area contributed by atoms with Crippen LogP contribution in [-0.4, -0.2) is 20.1 Å². The number of methoxy groups -OCH3 is 2. The Bertz CT molecular complexity index is 556. The molecule has 2 rings (SSSR count). The van der Waals surface area contributed by atoms with Crippen molar-refractivity contribution in [3.05, 3.63) is 47.9 Å². The predicted molar refractivity (Wildman–Crippen MR) is 78.4 cm³/mol. The van der Waals surface area contributed by atoms with Crippen LogP contribution >= 0.6 is 0 Å². The zero-order chi connectivity index (χ0) is 15.1. The van der Waals surface area contributed by atoms with Gasteiger partial charge in [-0.25, -0.2) is 0 Å². The predicted octanol–water partition coefficient (Wildman–Crippen LogP) is 2.55. The van der Waals surface area contributed by atoms with E-state index in [-0.39, 0.29) is 5.91 Å². The Morgan fingerprint density at radius 1 is 1.14 bits per heavy atom. The van der Waals surface area contributed by atoms with Gasteiger partial charge in [-0.05, 0) is 30.2 Å². The molecule has 0 aliphatic rings. The fraction of sp³-hybridized carbons (Fsp3) is 0.312. The highest BCUT2D eigenvalue weighted by Gasteiger charge is 2.06. The number of furan rings is 1. The fourth-order valence-electron chi connectivity index (χ4n) is 1.95. The Labute approximate surface area is 123 Å². The van der Waals surface area contributed by atoms with Crippen molar-refractivity contribution in [2.75, 3.05) is 14.2 Å². The Morgan fingerprint density at radius 3 is 2.43 bits per heavy atom. The van der Waals surface area contributed by atoms with Crippen LogP contribution in [0.1, 0.15) is 17.5 Å². The SMILES string of the molecule is COc1cc(CCC(=O)NCc2ccoc2)cc(OC)c1. The lowest BCUT2D eigenvalue weighted by Crippen LogP contribution is -2.22. The van der Waals surface area contributed by atoms with Crippen molar-refractivity contribution in [2.24, 2.45) is 0 Å². The van der Waals surface area contributed by atoms with Gasteiger partial charge in [0.15, 0.2) is 0 Å². The van der Waals surface area contributed by atoms with E-state index in [1.165, 1.54) is 0 Å². The summed E-state index contributed by atoms with van der Waals surface area (Å²) in [4.78, 5) is 11.8. The van der Waals surface area contributed by atoms with Crippen LogP contribution in [0.5, 0.6) is 11.5 Å². The molecule has 112 valence electrons. The molecule has 21 heavy (non-hydrogen) atoms. The van der Waals surface area contributed by atoms with E-state index in [1.54, 1.807) is 26.7 Å². The van der Waals surface area contributed by atoms with Crippen molar-refractivity contribution in [1.82, 2.24) is 5.32 Å². The second-order valence-electron chi connectivity index (χ2n) is 4.63. The summed E-state index contributed by atoms with van der Waals surface area (Å²) >= 11 is 0. The van der Waals surface area contributed by atoms with Gasteiger partial charge in [0.1, 0.15) is 11.5 Å². The summed E-state index contributed by atoms with van der Waals surface area (Å²) in [6.45, 7) is 0.483. The van der Waals surface area contributed by atoms with E-state index in [9.17, 15) is 4.79 Å². The number of carbonyl (C=O) groups is 1. The first kappa shape index (κ1) is 15.0. The minimum atomic E-state index is -0.00186. The zero-order valence-corrected chi connectivity index (χ0v) is 12.2. The van der Waals surface area contributed by atoms with Gasteiger partial charge in [-0.15, -0.1) is 0 Å². The van der Waals surface area contributed by atoms with E-state index in [1.807, 2.05) is 24.3 Å². The number of rotatable bonds is 7. The van der Waals surface area contributed by atoms with Crippen LogP contribution in [0.3, 0.4) is 0 Å². The molecule has 5 heteroatoms. The molecule has 1 N–H and O–H groups in total. The third kappa shape index (κ3) is 4.56. The molecule has 0 radical (unpaired) electrons. The molecule has 5 nitrogen and oxygen atoms in total. The maximum Gasteiger partial charge on any atom is 0.220 e. The molecule has 0 fully saturated rings. The number of hydrogen-bond donors (Lipinski definition) is 1. The maximum absolute atomic E-state index is 11.8. The summed E-state index contributed by atoms with van der Waals surface area (Å²) in [6.07, 6.45) is 4.25. The molecule has 0 bridgehead atoms. The van der Waals surface area contributed by atoms with Crippen LogP contribution in [-0.2, 0) is 17.8 Å². The molecule has 2 aromatic rings. The van der Waals surface area contributed by atoms with Crippen LogP contribution in [0.25, 0.3) is 0 Å². The Morgan fingerprint density at radius 2 is 1.86 bits per heavy atom. The first-order valence-corrected chi connectivity index (χ1v) is 6.71. The summed E-state index contributed by atoms with van der Waals surface area (Å²) < 4.78 is 15.4. The van der Waals surface area contributed by atoms with Crippen molar-refractivity contribution >= 4 is 5.91 Å². The maximum atomic E-state index is 11.8. The van der Waals surface area contributed by atoms with E-state index in [2.05, 4.69) is 5.32 Å². The zero-order valence-electron chi connectivity index (χ0n) is 12.2. The molecule has 1 aromatic carbocycles. The van der Waals surface area contributed by atoms with Crippen LogP contribution in [0.4, 0.5) is 0 Å². The molecular weight excluding hydrogens is 270 g/mol. The summed E-state index contributed by atoms with van der Waals surface area (Å²) in [5, 5.41) is 2.85. The number of carbonyl (C=O) groups excluding carboxylic acids is 1. The number of benzene rings is 1. The van der Waals surface area contributed by atoms with Crippen molar-refractivity contribution in [1.29, 1.82) is 0 Å². The topological polar surface area (TPSA) is 60.7 Å². The number of aryl methyl sites for hydroxylation is 1. The highest BCUT2D eigenvalue weighted by atomic mass is 16.5. The Hall–Kier alpha value is -2.43. The van der Waals surface area contributed by atoms with E-state index in [4.69, 9.17) is 13.9 Å². The van der Waals surface area contributed by atoms with Crippen LogP contribution in [0.15, 0.2) is 41.2 Å². The molecule has 1 amide bonds. The van der Waals surface area contributed by atoms with Gasteiger partial charge in [0.2, 0.25) is 5.91 Å². The van der Waals surface area contributed by atoms with Crippen molar-refractivity contribution < 1.29 is 18.7 Å². The minimum absolute atomic E-state index is 0.00186. The fourth-order valence-corrected chi connectivity index (χ4v) is 1.95. The quantitative estimate of drug-likeness (QED) is 0.851.